The Morgan fingerprint density at radius 1 is 1.27 bits per heavy atom. The Balaban J connectivity index is 2.10. The van der Waals surface area contributed by atoms with Crippen molar-refractivity contribution in [3.63, 3.8) is 0 Å². The van der Waals surface area contributed by atoms with E-state index in [1.54, 1.807) is 0 Å². The molecule has 15 heavy (non-hydrogen) atoms. The molecule has 1 aliphatic rings. The third kappa shape index (κ3) is 2.36. The van der Waals surface area contributed by atoms with E-state index in [9.17, 15) is 0 Å². The summed E-state index contributed by atoms with van der Waals surface area (Å²) in [7, 11) is 0. The van der Waals surface area contributed by atoms with Crippen LogP contribution in [0.2, 0.25) is 0 Å². The smallest absolute Gasteiger partial charge is 0.0130 e. The van der Waals surface area contributed by atoms with E-state index in [4.69, 9.17) is 0 Å². The van der Waals surface area contributed by atoms with Gasteiger partial charge in [-0.3, -0.25) is 0 Å². The van der Waals surface area contributed by atoms with Crippen molar-refractivity contribution in [2.45, 2.75) is 20.3 Å². The van der Waals surface area contributed by atoms with Crippen molar-refractivity contribution in [2.24, 2.45) is 11.3 Å². The average Bonchev–Trinajstić information content (AvgIpc) is 2.13. The summed E-state index contributed by atoms with van der Waals surface area (Å²) in [5, 5.41) is 3.41. The lowest BCUT2D eigenvalue weighted by Gasteiger charge is -2.46. The van der Waals surface area contributed by atoms with Gasteiger partial charge in [0.05, 0.1) is 0 Å². The normalized spacial score (nSPS) is 18.9. The minimum absolute atomic E-state index is 0.507. The zero-order valence-corrected chi connectivity index (χ0v) is 11.5. The number of halogens is 1. The summed E-state index contributed by atoms with van der Waals surface area (Å²) in [6, 6.07) is 8.94. The van der Waals surface area contributed by atoms with Crippen LogP contribution in [0, 0.1) is 14.9 Å². The fourth-order valence-electron chi connectivity index (χ4n) is 2.19. The Labute approximate surface area is 106 Å². The highest BCUT2D eigenvalue weighted by atomic mass is 127. The number of benzene rings is 1. The summed E-state index contributed by atoms with van der Waals surface area (Å²) in [4.78, 5) is 0. The van der Waals surface area contributed by atoms with Gasteiger partial charge in [-0.1, -0.05) is 26.0 Å². The van der Waals surface area contributed by atoms with Crippen LogP contribution in [0.15, 0.2) is 24.3 Å². The molecule has 0 saturated carbocycles. The van der Waals surface area contributed by atoms with E-state index in [0.29, 0.717) is 5.41 Å². The third-order valence-electron chi connectivity index (χ3n) is 3.65. The first kappa shape index (κ1) is 11.4. The largest absolute Gasteiger partial charge is 0.315 e. The van der Waals surface area contributed by atoms with Crippen molar-refractivity contribution < 1.29 is 0 Å². The summed E-state index contributed by atoms with van der Waals surface area (Å²) in [6.07, 6.45) is 1.22. The van der Waals surface area contributed by atoms with Gasteiger partial charge >= 0.3 is 0 Å². The molecule has 0 aromatic heterocycles. The molecule has 2 rings (SSSR count). The molecule has 1 aromatic carbocycles. The van der Waals surface area contributed by atoms with Crippen LogP contribution in [0.4, 0.5) is 0 Å². The van der Waals surface area contributed by atoms with E-state index in [1.807, 2.05) is 0 Å². The molecule has 0 amide bonds. The number of nitrogens with one attached hydrogen (secondary N) is 1. The summed E-state index contributed by atoms with van der Waals surface area (Å²) < 4.78 is 1.32. The van der Waals surface area contributed by atoms with Gasteiger partial charge in [-0.15, -0.1) is 0 Å². The number of rotatable bonds is 3. The van der Waals surface area contributed by atoms with E-state index >= 15 is 0 Å². The van der Waals surface area contributed by atoms with E-state index in [1.165, 1.54) is 28.6 Å². The Bertz CT molecular complexity index is 325. The second kappa shape index (κ2) is 4.42. The Hall–Kier alpha value is -0.0900. The first-order valence-electron chi connectivity index (χ1n) is 5.58. The van der Waals surface area contributed by atoms with Crippen molar-refractivity contribution >= 4 is 22.6 Å². The first-order valence-corrected chi connectivity index (χ1v) is 6.65. The van der Waals surface area contributed by atoms with E-state index in [-0.39, 0.29) is 0 Å². The SMILES string of the molecule is CC(C)C1(Cc2ccc(I)cc2)CNC1. The molecule has 0 bridgehead atoms. The molecular formula is C13H18IN. The molecule has 2 heteroatoms. The van der Waals surface area contributed by atoms with Gasteiger partial charge in [0.25, 0.3) is 0 Å². The first-order chi connectivity index (χ1) is 7.12. The highest BCUT2D eigenvalue weighted by Gasteiger charge is 2.39. The van der Waals surface area contributed by atoms with Crippen molar-refractivity contribution in [3.05, 3.63) is 33.4 Å². The van der Waals surface area contributed by atoms with E-state index in [0.717, 1.165) is 5.92 Å². The third-order valence-corrected chi connectivity index (χ3v) is 4.37. The lowest BCUT2D eigenvalue weighted by atomic mass is 9.68. The standard InChI is InChI=1S/C13H18IN/c1-10(2)13(8-15-9-13)7-11-3-5-12(14)6-4-11/h3-6,10,15H,7-9H2,1-2H3. The molecule has 1 saturated heterocycles. The maximum atomic E-state index is 3.41. The minimum Gasteiger partial charge on any atom is -0.315 e. The van der Waals surface area contributed by atoms with Gasteiger partial charge in [0.1, 0.15) is 0 Å². The summed E-state index contributed by atoms with van der Waals surface area (Å²) in [5.41, 5.74) is 1.98. The molecule has 0 spiro atoms. The lowest BCUT2D eigenvalue weighted by Crippen LogP contribution is -2.57. The van der Waals surface area contributed by atoms with Crippen LogP contribution >= 0.6 is 22.6 Å². The molecule has 0 aliphatic carbocycles. The predicted octanol–water partition coefficient (Wildman–Crippen LogP) is 3.08. The summed E-state index contributed by atoms with van der Waals surface area (Å²) in [6.45, 7) is 7.04. The Morgan fingerprint density at radius 2 is 1.87 bits per heavy atom. The highest BCUT2D eigenvalue weighted by Crippen LogP contribution is 2.35. The van der Waals surface area contributed by atoms with Crippen molar-refractivity contribution in [1.29, 1.82) is 0 Å². The van der Waals surface area contributed by atoms with E-state index in [2.05, 4.69) is 66.0 Å². The molecule has 0 radical (unpaired) electrons. The van der Waals surface area contributed by atoms with E-state index < -0.39 is 0 Å². The second-order valence-corrected chi connectivity index (χ2v) is 6.17. The van der Waals surface area contributed by atoms with Gasteiger partial charge in [-0.2, -0.15) is 0 Å². The fourth-order valence-corrected chi connectivity index (χ4v) is 2.55. The van der Waals surface area contributed by atoms with Crippen molar-refractivity contribution in [2.75, 3.05) is 13.1 Å². The molecule has 1 aromatic rings. The molecule has 0 atom stereocenters. The fraction of sp³-hybridized carbons (Fsp3) is 0.538. The van der Waals surface area contributed by atoms with Crippen LogP contribution in [0.3, 0.4) is 0 Å². The maximum Gasteiger partial charge on any atom is 0.0130 e. The summed E-state index contributed by atoms with van der Waals surface area (Å²) in [5.74, 6) is 0.762. The highest BCUT2D eigenvalue weighted by molar-refractivity contribution is 14.1. The number of hydrogen-bond donors (Lipinski definition) is 1. The van der Waals surface area contributed by atoms with Crippen molar-refractivity contribution in [1.82, 2.24) is 5.32 Å². The van der Waals surface area contributed by atoms with Gasteiger partial charge in [-0.05, 0) is 52.6 Å². The molecule has 1 nitrogen and oxygen atoms in total. The minimum atomic E-state index is 0.507. The maximum absolute atomic E-state index is 3.41. The predicted molar refractivity (Wildman–Crippen MR) is 73.0 cm³/mol. The molecule has 1 heterocycles. The van der Waals surface area contributed by atoms with Crippen LogP contribution in [0.25, 0.3) is 0 Å². The average molecular weight is 315 g/mol. The van der Waals surface area contributed by atoms with Crippen LogP contribution in [0.1, 0.15) is 19.4 Å². The Kier molecular flexibility index (Phi) is 3.36. The molecule has 1 N–H and O–H groups in total. The van der Waals surface area contributed by atoms with Crippen LogP contribution < -0.4 is 5.32 Å². The summed E-state index contributed by atoms with van der Waals surface area (Å²) >= 11 is 2.36. The van der Waals surface area contributed by atoms with Gasteiger partial charge in [0, 0.05) is 22.1 Å². The van der Waals surface area contributed by atoms with Crippen LogP contribution in [0.5, 0.6) is 0 Å². The number of hydrogen-bond acceptors (Lipinski definition) is 1. The van der Waals surface area contributed by atoms with Crippen LogP contribution in [-0.2, 0) is 6.42 Å². The van der Waals surface area contributed by atoms with Crippen molar-refractivity contribution in [3.8, 4) is 0 Å². The zero-order chi connectivity index (χ0) is 10.9. The van der Waals surface area contributed by atoms with Gasteiger partial charge < -0.3 is 5.32 Å². The second-order valence-electron chi connectivity index (χ2n) is 4.92. The van der Waals surface area contributed by atoms with Gasteiger partial charge in [0.15, 0.2) is 0 Å². The van der Waals surface area contributed by atoms with Crippen LogP contribution in [-0.4, -0.2) is 13.1 Å². The molecule has 0 unspecified atom stereocenters. The molecule has 1 aliphatic heterocycles. The quantitative estimate of drug-likeness (QED) is 0.845. The Morgan fingerprint density at radius 3 is 2.27 bits per heavy atom. The molecule has 82 valence electrons. The molecule has 1 fully saturated rings. The van der Waals surface area contributed by atoms with Gasteiger partial charge in [-0.25, -0.2) is 0 Å². The monoisotopic (exact) mass is 315 g/mol. The molecular weight excluding hydrogens is 297 g/mol. The lowest BCUT2D eigenvalue weighted by molar-refractivity contribution is 0.0995. The van der Waals surface area contributed by atoms with Gasteiger partial charge in [0.2, 0.25) is 0 Å². The zero-order valence-electron chi connectivity index (χ0n) is 9.39. The topological polar surface area (TPSA) is 12.0 Å².